The molecule has 4 heterocycles. The van der Waals surface area contributed by atoms with E-state index < -0.39 is 24.0 Å². The molecule has 4 atom stereocenters. The molecule has 2 amide bonds. The molecule has 0 saturated carbocycles. The first-order valence-corrected chi connectivity index (χ1v) is 22.7. The van der Waals surface area contributed by atoms with Crippen LogP contribution in [0.25, 0.3) is 33.6 Å². The number of rotatable bonds is 15. The number of carbonyl (C=O) groups is 2. The van der Waals surface area contributed by atoms with Gasteiger partial charge in [0.05, 0.1) is 29.7 Å². The van der Waals surface area contributed by atoms with Crippen molar-refractivity contribution >= 4 is 11.8 Å². The molecule has 64 heavy (non-hydrogen) atoms. The van der Waals surface area contributed by atoms with Gasteiger partial charge >= 0.3 is 6.18 Å². The van der Waals surface area contributed by atoms with Crippen LogP contribution in [0.3, 0.4) is 0 Å². The molecule has 4 aromatic carbocycles. The summed E-state index contributed by atoms with van der Waals surface area (Å²) < 4.78 is 44.0. The van der Waals surface area contributed by atoms with Crippen LogP contribution in [-0.2, 0) is 15.8 Å². The van der Waals surface area contributed by atoms with Crippen molar-refractivity contribution in [1.29, 1.82) is 0 Å². The molecular formula is C51H57F3N8O2. The maximum Gasteiger partial charge on any atom is 0.435 e. The Morgan fingerprint density at radius 1 is 0.625 bits per heavy atom. The van der Waals surface area contributed by atoms with Crippen LogP contribution < -0.4 is 0 Å². The summed E-state index contributed by atoms with van der Waals surface area (Å²) >= 11 is 0. The van der Waals surface area contributed by atoms with E-state index in [-0.39, 0.29) is 35.4 Å². The Bertz CT molecular complexity index is 2480. The normalized spacial score (nSPS) is 17.7. The molecule has 10 nitrogen and oxygen atoms in total. The minimum atomic E-state index is -4.71. The molecule has 2 aromatic heterocycles. The van der Waals surface area contributed by atoms with E-state index in [0.29, 0.717) is 44.6 Å². The number of likely N-dealkylation sites (N-methyl/N-ethyl adjacent to an activating group) is 2. The molecule has 2 fully saturated rings. The summed E-state index contributed by atoms with van der Waals surface area (Å²) in [6.07, 6.45) is -0.0175. The third-order valence-electron chi connectivity index (χ3n) is 13.0. The number of amides is 2. The number of halogens is 3. The zero-order valence-electron chi connectivity index (χ0n) is 37.0. The summed E-state index contributed by atoms with van der Waals surface area (Å²) in [6, 6.07) is 32.8. The minimum Gasteiger partial charge on any atom is -0.340 e. The van der Waals surface area contributed by atoms with Crippen molar-refractivity contribution < 1.29 is 22.8 Å². The molecular weight excluding hydrogens is 814 g/mol. The predicted molar refractivity (Wildman–Crippen MR) is 244 cm³/mol. The largest absolute Gasteiger partial charge is 0.435 e. The Labute approximate surface area is 373 Å². The highest BCUT2D eigenvalue weighted by Gasteiger charge is 2.43. The van der Waals surface area contributed by atoms with Crippen molar-refractivity contribution in [3.05, 3.63) is 144 Å². The Morgan fingerprint density at radius 2 is 1.06 bits per heavy atom. The molecule has 0 radical (unpaired) electrons. The van der Waals surface area contributed by atoms with E-state index in [1.807, 2.05) is 122 Å². The summed E-state index contributed by atoms with van der Waals surface area (Å²) in [6.45, 7) is 12.1. The van der Waals surface area contributed by atoms with Gasteiger partial charge in [0.25, 0.3) is 0 Å². The van der Waals surface area contributed by atoms with Crippen LogP contribution in [0, 0.1) is 0 Å². The number of hydrogen-bond acceptors (Lipinski definition) is 6. The van der Waals surface area contributed by atoms with Crippen LogP contribution in [0.4, 0.5) is 13.2 Å². The van der Waals surface area contributed by atoms with Crippen LogP contribution in [0.1, 0.15) is 106 Å². The van der Waals surface area contributed by atoms with Crippen LogP contribution in [0.5, 0.6) is 0 Å². The SMILES string of the molecule is CCN(CC)[C@@H](C(=O)N1CCC[C@H]1c1ncc(-c2ccc(-c3ccc(-c4[nH]c([C@@H]5CCCN5C(=O)[C@@H](c5ccccc5)N(CC)CC)nc4C(F)(F)F)cc3)cc2)[nH]1)c1ccccc1. The van der Waals surface area contributed by atoms with Gasteiger partial charge in [-0.05, 0) is 79.7 Å². The number of nitrogens with zero attached hydrogens (tertiary/aromatic N) is 6. The zero-order chi connectivity index (χ0) is 45.0. The van der Waals surface area contributed by atoms with Gasteiger partial charge < -0.3 is 19.8 Å². The van der Waals surface area contributed by atoms with Crippen molar-refractivity contribution in [3.8, 4) is 33.6 Å². The lowest BCUT2D eigenvalue weighted by molar-refractivity contribution is -0.140. The fourth-order valence-electron chi connectivity index (χ4n) is 9.70. The van der Waals surface area contributed by atoms with Gasteiger partial charge in [0, 0.05) is 18.7 Å². The van der Waals surface area contributed by atoms with E-state index in [4.69, 9.17) is 4.98 Å². The number of H-pyrrole nitrogens is 2. The van der Waals surface area contributed by atoms with E-state index in [9.17, 15) is 22.8 Å². The van der Waals surface area contributed by atoms with Gasteiger partial charge in [-0.3, -0.25) is 19.4 Å². The van der Waals surface area contributed by atoms with Gasteiger partial charge in [-0.2, -0.15) is 13.2 Å². The maximum absolute atomic E-state index is 14.7. The number of benzene rings is 4. The molecule has 13 heteroatoms. The van der Waals surface area contributed by atoms with Gasteiger partial charge in [-0.15, -0.1) is 0 Å². The summed E-state index contributed by atoms with van der Waals surface area (Å²) in [4.78, 5) is 52.0. The van der Waals surface area contributed by atoms with E-state index in [0.717, 1.165) is 65.3 Å². The second-order valence-corrected chi connectivity index (χ2v) is 16.6. The van der Waals surface area contributed by atoms with E-state index in [1.165, 1.54) is 0 Å². The fraction of sp³-hybridized carbons (Fsp3) is 0.373. The second kappa shape index (κ2) is 19.4. The number of aromatic amines is 2. The molecule has 0 spiro atoms. The summed E-state index contributed by atoms with van der Waals surface area (Å²) in [5, 5.41) is 0. The number of alkyl halides is 3. The smallest absolute Gasteiger partial charge is 0.340 e. The monoisotopic (exact) mass is 870 g/mol. The lowest BCUT2D eigenvalue weighted by Gasteiger charge is -2.34. The molecule has 0 aliphatic carbocycles. The third-order valence-corrected chi connectivity index (χ3v) is 13.0. The molecule has 2 N–H and O–H groups in total. The van der Waals surface area contributed by atoms with Crippen molar-refractivity contribution in [1.82, 2.24) is 39.5 Å². The summed E-state index contributed by atoms with van der Waals surface area (Å²) in [5.74, 6) is 0.853. The average Bonchev–Trinajstić information content (AvgIpc) is 4.17. The molecule has 8 rings (SSSR count). The Kier molecular flexibility index (Phi) is 13.5. The average molecular weight is 871 g/mol. The van der Waals surface area contributed by atoms with Crippen molar-refractivity contribution in [2.24, 2.45) is 0 Å². The van der Waals surface area contributed by atoms with Crippen LogP contribution in [0.15, 0.2) is 115 Å². The van der Waals surface area contributed by atoms with Crippen LogP contribution >= 0.6 is 0 Å². The summed E-state index contributed by atoms with van der Waals surface area (Å²) in [5.41, 5.74) is 4.57. The van der Waals surface area contributed by atoms with Gasteiger partial charge in [0.15, 0.2) is 5.69 Å². The highest BCUT2D eigenvalue weighted by molar-refractivity contribution is 5.85. The topological polar surface area (TPSA) is 104 Å². The number of carbonyl (C=O) groups excluding carboxylic acids is 2. The van der Waals surface area contributed by atoms with Crippen LogP contribution in [0.2, 0.25) is 0 Å². The Balaban J connectivity index is 0.990. The molecule has 2 aliphatic rings. The first-order valence-electron chi connectivity index (χ1n) is 22.7. The number of aromatic nitrogens is 4. The highest BCUT2D eigenvalue weighted by Crippen LogP contribution is 2.41. The lowest BCUT2D eigenvalue weighted by atomic mass is 10.0. The minimum absolute atomic E-state index is 0.0869. The molecule has 6 aromatic rings. The Hall–Kier alpha value is -6.05. The van der Waals surface area contributed by atoms with Gasteiger partial charge in [0.2, 0.25) is 11.8 Å². The van der Waals surface area contributed by atoms with Gasteiger partial charge in [0.1, 0.15) is 23.7 Å². The van der Waals surface area contributed by atoms with E-state index in [2.05, 4.69) is 38.6 Å². The Morgan fingerprint density at radius 3 is 1.52 bits per heavy atom. The van der Waals surface area contributed by atoms with Gasteiger partial charge in [-0.1, -0.05) is 137 Å². The first kappa shape index (κ1) is 44.6. The first-order chi connectivity index (χ1) is 31.0. The molecule has 0 bridgehead atoms. The zero-order valence-corrected chi connectivity index (χ0v) is 37.0. The van der Waals surface area contributed by atoms with Crippen LogP contribution in [-0.4, -0.2) is 90.6 Å². The van der Waals surface area contributed by atoms with E-state index >= 15 is 0 Å². The third kappa shape index (κ3) is 9.01. The van der Waals surface area contributed by atoms with E-state index in [1.54, 1.807) is 17.0 Å². The molecule has 2 aliphatic heterocycles. The molecule has 334 valence electrons. The second-order valence-electron chi connectivity index (χ2n) is 16.6. The predicted octanol–water partition coefficient (Wildman–Crippen LogP) is 10.6. The fourth-order valence-corrected chi connectivity index (χ4v) is 9.70. The number of likely N-dealkylation sites (tertiary alicyclic amines) is 2. The van der Waals surface area contributed by atoms with Gasteiger partial charge in [-0.25, -0.2) is 9.97 Å². The number of nitrogens with one attached hydrogen (secondary N) is 2. The van der Waals surface area contributed by atoms with Crippen molar-refractivity contribution in [3.63, 3.8) is 0 Å². The number of imidazole rings is 2. The maximum atomic E-state index is 14.7. The molecule has 2 saturated heterocycles. The summed E-state index contributed by atoms with van der Waals surface area (Å²) in [7, 11) is 0. The molecule has 0 unspecified atom stereocenters. The van der Waals surface area contributed by atoms with Crippen molar-refractivity contribution in [2.75, 3.05) is 39.3 Å². The lowest BCUT2D eigenvalue weighted by Crippen LogP contribution is -2.43. The standard InChI is InChI=1S/C51H57F3N8O2/c1-5-59(6-2)44(38-17-11-9-12-18-38)49(63)61-31-15-21-41(61)47-55-33-40(56-47)36-27-23-34(24-28-36)35-25-29-37(30-26-35)43-46(51(52,53)54)58-48(57-43)42-22-16-32-62(42)50(64)45(60(7-3)8-4)39-19-13-10-14-20-39/h9-14,17-20,23-30,33,41-42,44-45H,5-8,15-16,21-22,31-32H2,1-4H3,(H,55,56)(H,57,58)/t41-,42-,44+,45+/m0/s1. The quantitative estimate of drug-likeness (QED) is 0.107. The van der Waals surface area contributed by atoms with Crippen molar-refractivity contribution in [2.45, 2.75) is 83.7 Å². The highest BCUT2D eigenvalue weighted by atomic mass is 19.4. The number of hydrogen-bond donors (Lipinski definition) is 2.